The van der Waals surface area contributed by atoms with E-state index in [2.05, 4.69) is 15.9 Å². The highest BCUT2D eigenvalue weighted by Crippen LogP contribution is 2.22. The molecule has 0 saturated carbocycles. The second-order valence-electron chi connectivity index (χ2n) is 2.33. The first-order chi connectivity index (χ1) is 5.15. The molecular formula is C8H7BrClF. The maximum Gasteiger partial charge on any atom is 0.127 e. The lowest BCUT2D eigenvalue weighted by atomic mass is 10.1. The molecule has 0 aromatic heterocycles. The maximum absolute atomic E-state index is 12.8. The van der Waals surface area contributed by atoms with Gasteiger partial charge in [0.1, 0.15) is 5.82 Å². The molecular weight excluding hydrogens is 230 g/mol. The molecule has 0 N–H and O–H groups in total. The Labute approximate surface area is 78.5 Å². The van der Waals surface area contributed by atoms with Gasteiger partial charge in [-0.2, -0.15) is 0 Å². The summed E-state index contributed by atoms with van der Waals surface area (Å²) in [4.78, 5) is 0. The molecule has 0 fully saturated rings. The predicted octanol–water partition coefficient (Wildman–Crippen LogP) is 3.68. The third-order valence-electron chi connectivity index (χ3n) is 1.47. The van der Waals surface area contributed by atoms with Gasteiger partial charge in [-0.05, 0) is 24.1 Å². The van der Waals surface area contributed by atoms with Crippen molar-refractivity contribution < 1.29 is 4.39 Å². The Balaban J connectivity index is 3.21. The van der Waals surface area contributed by atoms with Gasteiger partial charge in [0.2, 0.25) is 0 Å². The first-order valence-electron chi connectivity index (χ1n) is 3.15. The Morgan fingerprint density at radius 3 is 2.73 bits per heavy atom. The third-order valence-corrected chi connectivity index (χ3v) is 2.43. The summed E-state index contributed by atoms with van der Waals surface area (Å²) in [5.41, 5.74) is 1.55. The minimum atomic E-state index is -0.250. The topological polar surface area (TPSA) is 0 Å². The number of hydrogen-bond acceptors (Lipinski definition) is 0. The Morgan fingerprint density at radius 2 is 2.18 bits per heavy atom. The van der Waals surface area contributed by atoms with Gasteiger partial charge in [-0.25, -0.2) is 4.39 Å². The van der Waals surface area contributed by atoms with Crippen LogP contribution in [0.25, 0.3) is 0 Å². The van der Waals surface area contributed by atoms with Crippen molar-refractivity contribution in [3.63, 3.8) is 0 Å². The normalized spacial score (nSPS) is 10.2. The van der Waals surface area contributed by atoms with Crippen LogP contribution in [0.4, 0.5) is 4.39 Å². The van der Waals surface area contributed by atoms with Crippen molar-refractivity contribution in [3.8, 4) is 0 Å². The first kappa shape index (κ1) is 9.01. The lowest BCUT2D eigenvalue weighted by Gasteiger charge is -2.02. The van der Waals surface area contributed by atoms with Gasteiger partial charge in [-0.1, -0.05) is 33.6 Å². The van der Waals surface area contributed by atoms with E-state index in [1.165, 1.54) is 6.07 Å². The van der Waals surface area contributed by atoms with Crippen molar-refractivity contribution in [3.05, 3.63) is 34.1 Å². The van der Waals surface area contributed by atoms with Crippen molar-refractivity contribution >= 4 is 27.5 Å². The minimum absolute atomic E-state index is 0.250. The zero-order valence-electron chi connectivity index (χ0n) is 6.00. The average molecular weight is 237 g/mol. The van der Waals surface area contributed by atoms with Crippen LogP contribution in [-0.2, 0) is 5.33 Å². The molecule has 0 radical (unpaired) electrons. The van der Waals surface area contributed by atoms with Crippen LogP contribution in [0.3, 0.4) is 0 Å². The standard InChI is InChI=1S/C8H7BrClF/c1-5-2-6(4-9)7(10)3-8(5)11/h2-3H,4H2,1H3. The van der Waals surface area contributed by atoms with Gasteiger partial charge in [0, 0.05) is 10.4 Å². The smallest absolute Gasteiger partial charge is 0.127 e. The van der Waals surface area contributed by atoms with Gasteiger partial charge in [-0.3, -0.25) is 0 Å². The quantitative estimate of drug-likeness (QED) is 0.654. The van der Waals surface area contributed by atoms with Crippen molar-refractivity contribution in [2.24, 2.45) is 0 Å². The molecule has 0 atom stereocenters. The second-order valence-corrected chi connectivity index (χ2v) is 3.29. The highest BCUT2D eigenvalue weighted by molar-refractivity contribution is 9.08. The van der Waals surface area contributed by atoms with Crippen molar-refractivity contribution in [1.29, 1.82) is 0 Å². The molecule has 11 heavy (non-hydrogen) atoms. The molecule has 0 aliphatic heterocycles. The highest BCUT2D eigenvalue weighted by atomic mass is 79.9. The maximum atomic E-state index is 12.8. The summed E-state index contributed by atoms with van der Waals surface area (Å²) in [5.74, 6) is -0.250. The Hall–Kier alpha value is -0.0800. The SMILES string of the molecule is Cc1cc(CBr)c(Cl)cc1F. The molecule has 0 aliphatic carbocycles. The van der Waals surface area contributed by atoms with Crippen LogP contribution in [0.1, 0.15) is 11.1 Å². The van der Waals surface area contributed by atoms with Crippen LogP contribution >= 0.6 is 27.5 Å². The monoisotopic (exact) mass is 236 g/mol. The number of alkyl halides is 1. The molecule has 0 saturated heterocycles. The predicted molar refractivity (Wildman–Crippen MR) is 48.8 cm³/mol. The largest absolute Gasteiger partial charge is 0.207 e. The summed E-state index contributed by atoms with van der Waals surface area (Å²) in [7, 11) is 0. The van der Waals surface area contributed by atoms with Crippen LogP contribution in [0.15, 0.2) is 12.1 Å². The first-order valence-corrected chi connectivity index (χ1v) is 4.65. The Bertz CT molecular complexity index is 273. The van der Waals surface area contributed by atoms with Gasteiger partial charge < -0.3 is 0 Å². The van der Waals surface area contributed by atoms with Gasteiger partial charge in [0.05, 0.1) is 0 Å². The summed E-state index contributed by atoms with van der Waals surface area (Å²) >= 11 is 8.99. The van der Waals surface area contributed by atoms with E-state index >= 15 is 0 Å². The molecule has 0 aliphatic rings. The van der Waals surface area contributed by atoms with Gasteiger partial charge in [0.15, 0.2) is 0 Å². The third kappa shape index (κ3) is 1.94. The number of aryl methyl sites for hydroxylation is 1. The fraction of sp³-hybridized carbons (Fsp3) is 0.250. The fourth-order valence-electron chi connectivity index (χ4n) is 0.819. The van der Waals surface area contributed by atoms with Crippen LogP contribution < -0.4 is 0 Å². The van der Waals surface area contributed by atoms with E-state index in [4.69, 9.17) is 11.6 Å². The van der Waals surface area contributed by atoms with Crippen molar-refractivity contribution in [2.75, 3.05) is 0 Å². The number of hydrogen-bond donors (Lipinski definition) is 0. The molecule has 3 heteroatoms. The molecule has 1 aromatic rings. The lowest BCUT2D eigenvalue weighted by Crippen LogP contribution is -1.86. The summed E-state index contributed by atoms with van der Waals surface area (Å²) < 4.78 is 12.8. The molecule has 1 rings (SSSR count). The van der Waals surface area contributed by atoms with Gasteiger partial charge in [0.25, 0.3) is 0 Å². The van der Waals surface area contributed by atoms with E-state index in [9.17, 15) is 4.39 Å². The number of benzene rings is 1. The molecule has 0 unspecified atom stereocenters. The lowest BCUT2D eigenvalue weighted by molar-refractivity contribution is 0.618. The molecule has 60 valence electrons. The Morgan fingerprint density at radius 1 is 1.55 bits per heavy atom. The summed E-state index contributed by atoms with van der Waals surface area (Å²) in [6, 6.07) is 3.08. The summed E-state index contributed by atoms with van der Waals surface area (Å²) in [5, 5.41) is 1.14. The molecule has 0 bridgehead atoms. The average Bonchev–Trinajstić information content (AvgIpc) is 1.97. The van der Waals surface area contributed by atoms with Gasteiger partial charge >= 0.3 is 0 Å². The molecule has 1 aromatic carbocycles. The second kappa shape index (κ2) is 3.55. The van der Waals surface area contributed by atoms with Crippen molar-refractivity contribution in [1.82, 2.24) is 0 Å². The summed E-state index contributed by atoms with van der Waals surface area (Å²) in [6.45, 7) is 1.72. The van der Waals surface area contributed by atoms with Crippen LogP contribution in [0.5, 0.6) is 0 Å². The molecule has 0 nitrogen and oxygen atoms in total. The summed E-state index contributed by atoms with van der Waals surface area (Å²) in [6.07, 6.45) is 0. The molecule has 0 amide bonds. The van der Waals surface area contributed by atoms with E-state index in [1.54, 1.807) is 13.0 Å². The number of rotatable bonds is 1. The zero-order valence-corrected chi connectivity index (χ0v) is 8.34. The highest BCUT2D eigenvalue weighted by Gasteiger charge is 2.03. The molecule has 0 spiro atoms. The number of halogens is 3. The zero-order chi connectivity index (χ0) is 8.43. The minimum Gasteiger partial charge on any atom is -0.207 e. The van der Waals surface area contributed by atoms with Gasteiger partial charge in [-0.15, -0.1) is 0 Å². The van der Waals surface area contributed by atoms with E-state index in [0.29, 0.717) is 15.9 Å². The van der Waals surface area contributed by atoms with Crippen molar-refractivity contribution in [2.45, 2.75) is 12.3 Å². The van der Waals surface area contributed by atoms with E-state index in [1.807, 2.05) is 0 Å². The van der Waals surface area contributed by atoms with Crippen LogP contribution in [0, 0.1) is 12.7 Å². The van der Waals surface area contributed by atoms with E-state index in [-0.39, 0.29) is 5.82 Å². The van der Waals surface area contributed by atoms with E-state index < -0.39 is 0 Å². The van der Waals surface area contributed by atoms with E-state index in [0.717, 1.165) is 5.56 Å². The molecule has 0 heterocycles. The Kier molecular flexibility index (Phi) is 2.90. The van der Waals surface area contributed by atoms with Crippen LogP contribution in [0.2, 0.25) is 5.02 Å². The fourth-order valence-corrected chi connectivity index (χ4v) is 1.66. The van der Waals surface area contributed by atoms with Crippen LogP contribution in [-0.4, -0.2) is 0 Å².